The van der Waals surface area contributed by atoms with Gasteiger partial charge in [-0.2, -0.15) is 0 Å². The molecular weight excluding hydrogens is 580 g/mol. The maximum Gasteiger partial charge on any atom is 0.308 e. The second kappa shape index (κ2) is 12.3. The Morgan fingerprint density at radius 1 is 1.09 bits per heavy atom. The molecule has 1 amide bonds. The van der Waals surface area contributed by atoms with E-state index in [-0.39, 0.29) is 46.7 Å². The van der Waals surface area contributed by atoms with Crippen molar-refractivity contribution in [1.29, 1.82) is 0 Å². The quantitative estimate of drug-likeness (QED) is 0.132. The van der Waals surface area contributed by atoms with Crippen molar-refractivity contribution < 1.29 is 29.0 Å². The third-order valence-electron chi connectivity index (χ3n) is 11.4. The summed E-state index contributed by atoms with van der Waals surface area (Å²) < 4.78 is 12.6. The number of unbranched alkanes of at least 4 members (excludes halogenated alkanes) is 1. The topological polar surface area (TPSA) is 96.4 Å². The molecule has 5 atom stereocenters. The van der Waals surface area contributed by atoms with Crippen LogP contribution >= 0.6 is 0 Å². The van der Waals surface area contributed by atoms with Crippen LogP contribution in [0.3, 0.4) is 0 Å². The minimum atomic E-state index is -0.449. The number of likely N-dealkylation sites (tertiary alicyclic amines) is 1. The number of ketones is 1. The Morgan fingerprint density at radius 3 is 2.57 bits per heavy atom. The van der Waals surface area contributed by atoms with E-state index in [2.05, 4.69) is 23.6 Å². The Labute approximate surface area is 272 Å². The number of Topliss-reactive ketones (excluding diaryl/α,β-unsaturated/α-hetero) is 1. The molecule has 3 fully saturated rings. The molecule has 0 radical (unpaired) electrons. The predicted molar refractivity (Wildman–Crippen MR) is 174 cm³/mol. The molecule has 8 nitrogen and oxygen atoms in total. The molecule has 0 unspecified atom stereocenters. The number of rotatable bonds is 12. The predicted octanol–water partition coefficient (Wildman–Crippen LogP) is 6.06. The molecule has 0 aromatic heterocycles. The second-order valence-corrected chi connectivity index (χ2v) is 14.9. The number of phenols is 1. The summed E-state index contributed by atoms with van der Waals surface area (Å²) in [5.41, 5.74) is 2.33. The minimum absolute atomic E-state index is 0.113. The van der Waals surface area contributed by atoms with Gasteiger partial charge in [0.2, 0.25) is 5.91 Å². The summed E-state index contributed by atoms with van der Waals surface area (Å²) in [6.07, 6.45) is 7.99. The lowest BCUT2D eigenvalue weighted by molar-refractivity contribution is -0.143. The summed E-state index contributed by atoms with van der Waals surface area (Å²) >= 11 is 0. The first-order valence-electron chi connectivity index (χ1n) is 17.5. The summed E-state index contributed by atoms with van der Waals surface area (Å²) in [6, 6.07) is 11.1. The van der Waals surface area contributed by atoms with Gasteiger partial charge in [0.15, 0.2) is 17.3 Å². The highest BCUT2D eigenvalue weighted by Crippen LogP contribution is 2.66. The van der Waals surface area contributed by atoms with Gasteiger partial charge >= 0.3 is 5.97 Å². The molecule has 246 valence electrons. The number of phenolic OH excluding ortho intramolecular Hbond substituents is 1. The first-order chi connectivity index (χ1) is 22.2. The van der Waals surface area contributed by atoms with E-state index < -0.39 is 5.97 Å². The standard InChI is InChI=1S/C38H48N2O6/c1-23(2)21-40(34(44)12-8-7-11-31(42)26-9-5-4-6-10-26)29-16-15-28-30-19-27-32(43)20-33(45-24(3)41)36-35(27)38(28,37(29)46-36)17-18-39(30)22-25-13-14-25/h4-6,9-10,20,23,25,28-30,37,43H,7-8,11-19,21-22H2,1-3H3/t28-,29-,30+,37-,38-/m0/s1. The molecule has 2 aromatic carbocycles. The number of amides is 1. The Kier molecular flexibility index (Phi) is 8.37. The van der Waals surface area contributed by atoms with Gasteiger partial charge in [0.1, 0.15) is 11.9 Å². The molecule has 2 aliphatic heterocycles. The van der Waals surface area contributed by atoms with Gasteiger partial charge in [0, 0.05) is 67.1 Å². The molecule has 2 saturated carbocycles. The number of benzene rings is 2. The molecule has 8 heteroatoms. The van der Waals surface area contributed by atoms with Gasteiger partial charge < -0.3 is 19.5 Å². The summed E-state index contributed by atoms with van der Waals surface area (Å²) in [7, 11) is 0. The highest BCUT2D eigenvalue weighted by molar-refractivity contribution is 5.96. The number of hydrogen-bond donors (Lipinski definition) is 1. The molecule has 1 saturated heterocycles. The number of ether oxygens (including phenoxy) is 2. The molecule has 1 spiro atoms. The zero-order valence-electron chi connectivity index (χ0n) is 27.5. The van der Waals surface area contributed by atoms with Crippen molar-refractivity contribution in [2.75, 3.05) is 19.6 Å². The first-order valence-corrected chi connectivity index (χ1v) is 17.5. The van der Waals surface area contributed by atoms with Crippen LogP contribution in [-0.4, -0.2) is 70.4 Å². The van der Waals surface area contributed by atoms with Crippen molar-refractivity contribution in [1.82, 2.24) is 9.80 Å². The van der Waals surface area contributed by atoms with Crippen LogP contribution in [0.15, 0.2) is 36.4 Å². The lowest BCUT2D eigenvalue weighted by Crippen LogP contribution is -2.69. The van der Waals surface area contributed by atoms with Gasteiger partial charge in [-0.3, -0.25) is 19.3 Å². The molecule has 5 aliphatic rings. The SMILES string of the molecule is CC(=O)Oc1cc(O)c2c3c1O[C@H]1[C@@H](N(CC(C)C)C(=O)CCCCC(=O)c4ccccc4)CC[C@H]4[C@@H](C2)N(CC2CC2)CC[C@@]341. The third kappa shape index (κ3) is 5.50. The van der Waals surface area contributed by atoms with E-state index in [1.54, 1.807) is 6.07 Å². The number of aromatic hydroxyl groups is 1. The van der Waals surface area contributed by atoms with Crippen molar-refractivity contribution in [3.8, 4) is 17.2 Å². The van der Waals surface area contributed by atoms with Crippen molar-refractivity contribution in [2.45, 2.75) is 109 Å². The fourth-order valence-corrected chi connectivity index (χ4v) is 9.35. The Bertz CT molecular complexity index is 1500. The summed E-state index contributed by atoms with van der Waals surface area (Å²) in [6.45, 7) is 8.39. The number of nitrogens with zero attached hydrogens (tertiary/aromatic N) is 2. The minimum Gasteiger partial charge on any atom is -0.508 e. The monoisotopic (exact) mass is 628 g/mol. The molecule has 7 rings (SSSR count). The van der Waals surface area contributed by atoms with Gasteiger partial charge in [0.25, 0.3) is 0 Å². The Morgan fingerprint density at radius 2 is 1.85 bits per heavy atom. The van der Waals surface area contributed by atoms with E-state index in [9.17, 15) is 19.5 Å². The fraction of sp³-hybridized carbons (Fsp3) is 0.605. The van der Waals surface area contributed by atoms with Crippen molar-refractivity contribution in [3.05, 3.63) is 53.1 Å². The van der Waals surface area contributed by atoms with Crippen LogP contribution in [0, 0.1) is 17.8 Å². The van der Waals surface area contributed by atoms with Crippen LogP contribution in [0.1, 0.15) is 100 Å². The van der Waals surface area contributed by atoms with Crippen molar-refractivity contribution in [2.24, 2.45) is 17.8 Å². The summed E-state index contributed by atoms with van der Waals surface area (Å²) in [5.74, 6) is 2.24. The maximum absolute atomic E-state index is 14.1. The molecule has 46 heavy (non-hydrogen) atoms. The van der Waals surface area contributed by atoms with E-state index >= 15 is 0 Å². The number of hydrogen-bond acceptors (Lipinski definition) is 7. The second-order valence-electron chi connectivity index (χ2n) is 14.9. The number of carbonyl (C=O) groups is 3. The molecule has 3 aliphatic carbocycles. The number of esters is 1. The number of piperidine rings is 1. The molecule has 2 aromatic rings. The van der Waals surface area contributed by atoms with Crippen LogP contribution in [0.2, 0.25) is 0 Å². The average molecular weight is 629 g/mol. The van der Waals surface area contributed by atoms with Crippen molar-refractivity contribution in [3.63, 3.8) is 0 Å². The van der Waals surface area contributed by atoms with Crippen LogP contribution in [0.5, 0.6) is 17.2 Å². The van der Waals surface area contributed by atoms with E-state index in [4.69, 9.17) is 9.47 Å². The van der Waals surface area contributed by atoms with E-state index in [1.807, 2.05) is 30.3 Å². The summed E-state index contributed by atoms with van der Waals surface area (Å²) in [5, 5.41) is 11.4. The largest absolute Gasteiger partial charge is 0.508 e. The van der Waals surface area contributed by atoms with Crippen LogP contribution < -0.4 is 9.47 Å². The van der Waals surface area contributed by atoms with Crippen LogP contribution in [0.25, 0.3) is 0 Å². The normalized spacial score (nSPS) is 27.6. The maximum atomic E-state index is 14.1. The molecule has 2 heterocycles. The Balaban J connectivity index is 1.17. The Hall–Kier alpha value is -3.39. The van der Waals surface area contributed by atoms with E-state index in [0.29, 0.717) is 49.9 Å². The molecule has 2 bridgehead atoms. The zero-order chi connectivity index (χ0) is 32.2. The van der Waals surface area contributed by atoms with E-state index in [0.717, 1.165) is 61.4 Å². The fourth-order valence-electron chi connectivity index (χ4n) is 9.35. The van der Waals surface area contributed by atoms with Gasteiger partial charge in [-0.25, -0.2) is 0 Å². The number of carbonyl (C=O) groups excluding carboxylic acids is 3. The summed E-state index contributed by atoms with van der Waals surface area (Å²) in [4.78, 5) is 43.7. The highest BCUT2D eigenvalue weighted by atomic mass is 16.6. The van der Waals surface area contributed by atoms with Crippen LogP contribution in [0.4, 0.5) is 0 Å². The van der Waals surface area contributed by atoms with E-state index in [1.165, 1.54) is 19.8 Å². The van der Waals surface area contributed by atoms with Gasteiger partial charge in [0.05, 0.1) is 6.04 Å². The zero-order valence-corrected chi connectivity index (χ0v) is 27.5. The van der Waals surface area contributed by atoms with Gasteiger partial charge in [-0.1, -0.05) is 44.2 Å². The van der Waals surface area contributed by atoms with Crippen molar-refractivity contribution >= 4 is 17.7 Å². The molecular formula is C38H48N2O6. The third-order valence-corrected chi connectivity index (χ3v) is 11.4. The highest BCUT2D eigenvalue weighted by Gasteiger charge is 2.67. The first kappa shape index (κ1) is 31.2. The average Bonchev–Trinajstić information content (AvgIpc) is 3.78. The molecule has 1 N–H and O–H groups in total. The van der Waals surface area contributed by atoms with Gasteiger partial charge in [-0.15, -0.1) is 0 Å². The lowest BCUT2D eigenvalue weighted by atomic mass is 9.50. The lowest BCUT2D eigenvalue weighted by Gasteiger charge is -2.60. The van der Waals surface area contributed by atoms with Gasteiger partial charge in [-0.05, 0) is 75.7 Å². The van der Waals surface area contributed by atoms with Crippen LogP contribution in [-0.2, 0) is 21.4 Å². The smallest absolute Gasteiger partial charge is 0.308 e.